The van der Waals surface area contributed by atoms with Gasteiger partial charge in [-0.05, 0) is 73.8 Å². The number of carbonyl (C=O) groups is 2. The zero-order valence-electron chi connectivity index (χ0n) is 25.3. The van der Waals surface area contributed by atoms with Gasteiger partial charge in [0, 0.05) is 49.2 Å². The third kappa shape index (κ3) is 5.09. The molecule has 0 aliphatic carbocycles. The topological polar surface area (TPSA) is 116 Å². The molecule has 1 spiro atoms. The summed E-state index contributed by atoms with van der Waals surface area (Å²) in [7, 11) is 1.86. The molecule has 11 nitrogen and oxygen atoms in total. The first kappa shape index (κ1) is 28.7. The zero-order valence-corrected chi connectivity index (χ0v) is 26.1. The van der Waals surface area contributed by atoms with Gasteiger partial charge in [0.05, 0.1) is 34.2 Å². The Hall–Kier alpha value is -4.75. The van der Waals surface area contributed by atoms with E-state index in [1.807, 2.05) is 35.0 Å². The van der Waals surface area contributed by atoms with Gasteiger partial charge in [-0.2, -0.15) is 10.2 Å². The molecule has 0 radical (unpaired) electrons. The zero-order chi connectivity index (χ0) is 31.4. The van der Waals surface area contributed by atoms with Gasteiger partial charge in [-0.1, -0.05) is 6.08 Å². The molecule has 234 valence electrons. The van der Waals surface area contributed by atoms with E-state index < -0.39 is 11.2 Å². The minimum absolute atomic E-state index is 0.103. The van der Waals surface area contributed by atoms with Crippen molar-refractivity contribution in [3.63, 3.8) is 0 Å². The van der Waals surface area contributed by atoms with Gasteiger partial charge in [-0.25, -0.2) is 9.37 Å². The second-order valence-corrected chi connectivity index (χ2v) is 13.4. The van der Waals surface area contributed by atoms with Gasteiger partial charge in [-0.3, -0.25) is 29.3 Å². The molecule has 1 atom stereocenters. The number of fused-ring (bicyclic) bond motifs is 1. The number of aromatic amines is 1. The fourth-order valence-electron chi connectivity index (χ4n) is 6.91. The fraction of sp³-hybridized carbons (Fsp3) is 0.333. The number of aryl methyl sites for hydroxylation is 1. The average Bonchev–Trinajstić information content (AvgIpc) is 3.91. The average molecular weight is 638 g/mol. The number of halogens is 1. The van der Waals surface area contributed by atoms with Crippen molar-refractivity contribution in [1.29, 1.82) is 0 Å². The van der Waals surface area contributed by atoms with Gasteiger partial charge < -0.3 is 9.80 Å². The number of rotatable bonds is 6. The highest BCUT2D eigenvalue weighted by atomic mass is 32.1. The fourth-order valence-corrected chi connectivity index (χ4v) is 7.92. The van der Waals surface area contributed by atoms with Crippen LogP contribution in [0.1, 0.15) is 24.1 Å². The molecule has 2 amide bonds. The molecule has 13 heteroatoms. The van der Waals surface area contributed by atoms with Crippen molar-refractivity contribution in [2.24, 2.45) is 12.5 Å². The molecule has 7 heterocycles. The first-order valence-corrected chi connectivity index (χ1v) is 16.2. The van der Waals surface area contributed by atoms with Crippen molar-refractivity contribution >= 4 is 45.3 Å². The summed E-state index contributed by atoms with van der Waals surface area (Å²) >= 11 is 1.68. The number of likely N-dealkylation sites (tertiary alicyclic amines) is 1. The van der Waals surface area contributed by atoms with Crippen molar-refractivity contribution in [2.45, 2.75) is 19.3 Å². The standard InChI is InChI=1S/C33H32FN9O2S/c1-40-20-36-31(39-40)28-7-6-27(46-28)21-8-12-42(13-9-21)29(44)18-41-14-10-33(19-41)11-15-43(32(33)45)23-3-5-25-24(16-23)30(38-37-25)26-4-2-22(34)17-35-26/h2-8,16-17,20H,9-15,18-19H2,1H3,(H,37,38)/t33-/m0/s1. The maximum Gasteiger partial charge on any atom is 0.237 e. The van der Waals surface area contributed by atoms with Gasteiger partial charge >= 0.3 is 0 Å². The highest BCUT2D eigenvalue weighted by Crippen LogP contribution is 2.43. The van der Waals surface area contributed by atoms with Crippen LogP contribution in [0.5, 0.6) is 0 Å². The Morgan fingerprint density at radius 1 is 1.07 bits per heavy atom. The van der Waals surface area contributed by atoms with Crippen LogP contribution in [0.3, 0.4) is 0 Å². The molecule has 0 bridgehead atoms. The van der Waals surface area contributed by atoms with Crippen LogP contribution in [-0.4, -0.2) is 90.8 Å². The summed E-state index contributed by atoms with van der Waals surface area (Å²) in [4.78, 5) is 43.9. The molecule has 46 heavy (non-hydrogen) atoms. The molecule has 1 N–H and O–H groups in total. The van der Waals surface area contributed by atoms with Crippen molar-refractivity contribution in [1.82, 2.24) is 39.7 Å². The molecule has 0 unspecified atom stereocenters. The summed E-state index contributed by atoms with van der Waals surface area (Å²) in [6, 6.07) is 12.9. The number of hydrogen-bond donors (Lipinski definition) is 1. The van der Waals surface area contributed by atoms with Crippen LogP contribution >= 0.6 is 11.3 Å². The monoisotopic (exact) mass is 637 g/mol. The molecule has 1 aromatic carbocycles. The van der Waals surface area contributed by atoms with E-state index in [2.05, 4.69) is 48.4 Å². The SMILES string of the molecule is Cn1cnc(-c2ccc(C3=CCN(C(=O)CN4CC[C@]5(CCN(c6ccc7[nH]nc(-c8ccc(F)cn8)c7c6)C5=O)C4)CC3)s2)n1. The number of thiophene rings is 1. The van der Waals surface area contributed by atoms with Gasteiger partial charge in [0.2, 0.25) is 11.8 Å². The van der Waals surface area contributed by atoms with Crippen LogP contribution in [0.25, 0.3) is 38.6 Å². The molecule has 2 fully saturated rings. The molecule has 3 aliphatic heterocycles. The minimum atomic E-state index is -0.485. The maximum absolute atomic E-state index is 13.9. The van der Waals surface area contributed by atoms with Crippen molar-refractivity contribution < 1.29 is 14.0 Å². The first-order chi connectivity index (χ1) is 22.3. The number of amides is 2. The van der Waals surface area contributed by atoms with Crippen LogP contribution < -0.4 is 4.90 Å². The lowest BCUT2D eigenvalue weighted by Crippen LogP contribution is -2.43. The summed E-state index contributed by atoms with van der Waals surface area (Å²) in [5.74, 6) is 0.529. The summed E-state index contributed by atoms with van der Waals surface area (Å²) < 4.78 is 15.1. The maximum atomic E-state index is 13.9. The number of H-pyrrole nitrogens is 1. The highest BCUT2D eigenvalue weighted by Gasteiger charge is 2.51. The van der Waals surface area contributed by atoms with E-state index in [1.165, 1.54) is 22.7 Å². The van der Waals surface area contributed by atoms with Crippen molar-refractivity contribution in [3.05, 3.63) is 71.8 Å². The molecular weight excluding hydrogens is 605 g/mol. The predicted octanol–water partition coefficient (Wildman–Crippen LogP) is 4.37. The summed E-state index contributed by atoms with van der Waals surface area (Å²) in [5.41, 5.74) is 3.57. The number of hydrogen-bond acceptors (Lipinski definition) is 8. The number of nitrogens with one attached hydrogen (secondary N) is 1. The van der Waals surface area contributed by atoms with E-state index in [4.69, 9.17) is 0 Å². The van der Waals surface area contributed by atoms with Crippen LogP contribution in [0.2, 0.25) is 0 Å². The van der Waals surface area contributed by atoms with E-state index in [0.717, 1.165) is 53.1 Å². The van der Waals surface area contributed by atoms with E-state index in [9.17, 15) is 14.0 Å². The van der Waals surface area contributed by atoms with Crippen LogP contribution in [0.15, 0.2) is 61.1 Å². The quantitative estimate of drug-likeness (QED) is 0.294. The second kappa shape index (κ2) is 11.2. The lowest BCUT2D eigenvalue weighted by molar-refractivity contribution is -0.132. The Labute approximate surface area is 268 Å². The number of aromatic nitrogens is 6. The third-order valence-corrected chi connectivity index (χ3v) is 10.6. The number of carbonyl (C=O) groups excluding carboxylic acids is 2. The van der Waals surface area contributed by atoms with Gasteiger partial charge in [-0.15, -0.1) is 11.3 Å². The second-order valence-electron chi connectivity index (χ2n) is 12.3. The minimum Gasteiger partial charge on any atom is -0.338 e. The largest absolute Gasteiger partial charge is 0.338 e. The molecule has 5 aromatic rings. The lowest BCUT2D eigenvalue weighted by atomic mass is 9.85. The van der Waals surface area contributed by atoms with Crippen LogP contribution in [-0.2, 0) is 16.6 Å². The number of anilines is 1. The summed E-state index contributed by atoms with van der Waals surface area (Å²) in [6.45, 7) is 3.51. The normalized spacial score (nSPS) is 20.4. The van der Waals surface area contributed by atoms with E-state index in [0.29, 0.717) is 44.1 Å². The van der Waals surface area contributed by atoms with Crippen LogP contribution in [0, 0.1) is 11.2 Å². The highest BCUT2D eigenvalue weighted by molar-refractivity contribution is 7.16. The van der Waals surface area contributed by atoms with E-state index >= 15 is 0 Å². The molecule has 2 saturated heterocycles. The number of pyridine rings is 1. The number of benzene rings is 1. The smallest absolute Gasteiger partial charge is 0.237 e. The third-order valence-electron chi connectivity index (χ3n) is 9.44. The van der Waals surface area contributed by atoms with Gasteiger partial charge in [0.15, 0.2) is 5.82 Å². The van der Waals surface area contributed by atoms with E-state index in [-0.39, 0.29) is 11.8 Å². The Morgan fingerprint density at radius 2 is 1.93 bits per heavy atom. The van der Waals surface area contributed by atoms with Crippen LogP contribution in [0.4, 0.5) is 10.1 Å². The van der Waals surface area contributed by atoms with Gasteiger partial charge in [0.1, 0.15) is 17.8 Å². The molecule has 4 aromatic heterocycles. The molecule has 8 rings (SSSR count). The van der Waals surface area contributed by atoms with Crippen molar-refractivity contribution in [3.8, 4) is 22.1 Å². The Kier molecular flexibility index (Phi) is 7.02. The Bertz CT molecular complexity index is 2000. The molecular formula is C33H32FN9O2S. The molecule has 3 aliphatic rings. The summed E-state index contributed by atoms with van der Waals surface area (Å²) in [6.07, 6.45) is 7.32. The molecule has 0 saturated carbocycles. The summed E-state index contributed by atoms with van der Waals surface area (Å²) in [5, 5.41) is 12.6. The first-order valence-electron chi connectivity index (χ1n) is 15.4. The lowest BCUT2D eigenvalue weighted by Gasteiger charge is -2.29. The number of nitrogens with zero attached hydrogens (tertiary/aromatic N) is 8. The predicted molar refractivity (Wildman–Crippen MR) is 173 cm³/mol. The Morgan fingerprint density at radius 3 is 2.72 bits per heavy atom. The van der Waals surface area contributed by atoms with Gasteiger partial charge in [0.25, 0.3) is 0 Å². The van der Waals surface area contributed by atoms with E-state index in [1.54, 1.807) is 28.4 Å². The Balaban J connectivity index is 0.903. The van der Waals surface area contributed by atoms with Crippen molar-refractivity contribution in [2.75, 3.05) is 44.2 Å².